The second kappa shape index (κ2) is 10.5. The fourth-order valence-corrected chi connectivity index (χ4v) is 2.76. The maximum Gasteiger partial charge on any atom is 0.475 e. The Morgan fingerprint density at radius 1 is 1.17 bits per heavy atom. The fraction of sp³-hybridized carbons (Fsp3) is 0.263. The lowest BCUT2D eigenvalue weighted by atomic mass is 9.75. The molecule has 0 fully saturated rings. The third kappa shape index (κ3) is 6.49. The minimum absolute atomic E-state index is 0.0375. The summed E-state index contributed by atoms with van der Waals surface area (Å²) < 4.78 is 5.41. The number of nitrogens with two attached hydrogens (primary N) is 1. The molecule has 0 aliphatic carbocycles. The van der Waals surface area contributed by atoms with Crippen molar-refractivity contribution in [2.45, 2.75) is 18.8 Å². The second-order valence-corrected chi connectivity index (χ2v) is 6.37. The molecule has 0 aliphatic rings. The number of carbonyl (C=O) groups excluding carboxylic acids is 1. The zero-order valence-corrected chi connectivity index (χ0v) is 15.6. The number of phenols is 1. The van der Waals surface area contributed by atoms with E-state index in [1.54, 1.807) is 24.3 Å². The highest BCUT2D eigenvalue weighted by Crippen LogP contribution is 2.24. The molecule has 2 aromatic rings. The summed E-state index contributed by atoms with van der Waals surface area (Å²) >= 11 is 0. The molecule has 9 nitrogen and oxygen atoms in total. The first-order chi connectivity index (χ1) is 13.8. The molecule has 0 heterocycles. The summed E-state index contributed by atoms with van der Waals surface area (Å²) in [6.07, 6.45) is -0.208. The molecule has 154 valence electrons. The standard InChI is InChI=1S/C19H23BN2O7/c21-7-8-29-14-5-1-3-12(9-14)10-17(23)22-16(20(27)28)11-13-4-2-6-15(18(13)24)19(25)26/h1-6,9,16,24,27-28H,7-8,10-11,21H2,(H,22,23)(H,25,26). The maximum absolute atomic E-state index is 12.4. The van der Waals surface area contributed by atoms with Gasteiger partial charge in [0.2, 0.25) is 5.91 Å². The van der Waals surface area contributed by atoms with Crippen LogP contribution in [0.15, 0.2) is 42.5 Å². The number of hydrogen-bond donors (Lipinski definition) is 6. The average Bonchev–Trinajstić information content (AvgIpc) is 2.67. The zero-order chi connectivity index (χ0) is 21.4. The van der Waals surface area contributed by atoms with Crippen molar-refractivity contribution in [3.63, 3.8) is 0 Å². The van der Waals surface area contributed by atoms with Gasteiger partial charge < -0.3 is 36.0 Å². The monoisotopic (exact) mass is 402 g/mol. The lowest BCUT2D eigenvalue weighted by molar-refractivity contribution is -0.120. The van der Waals surface area contributed by atoms with Crippen LogP contribution in [-0.4, -0.2) is 58.3 Å². The largest absolute Gasteiger partial charge is 0.507 e. The predicted octanol–water partition coefficient (Wildman–Crippen LogP) is -0.290. The molecular weight excluding hydrogens is 379 g/mol. The highest BCUT2D eigenvalue weighted by Gasteiger charge is 2.27. The first-order valence-electron chi connectivity index (χ1n) is 8.93. The van der Waals surface area contributed by atoms with Crippen LogP contribution in [-0.2, 0) is 17.6 Å². The quantitative estimate of drug-likeness (QED) is 0.295. The molecule has 0 radical (unpaired) electrons. The molecule has 29 heavy (non-hydrogen) atoms. The van der Waals surface area contributed by atoms with Crippen LogP contribution in [0.4, 0.5) is 0 Å². The highest BCUT2D eigenvalue weighted by molar-refractivity contribution is 6.43. The van der Waals surface area contributed by atoms with E-state index >= 15 is 0 Å². The molecular formula is C19H23BN2O7. The Morgan fingerprint density at radius 2 is 1.90 bits per heavy atom. The number of aromatic carboxylic acids is 1. The molecule has 1 unspecified atom stereocenters. The van der Waals surface area contributed by atoms with Gasteiger partial charge in [0.15, 0.2) is 0 Å². The van der Waals surface area contributed by atoms with Crippen LogP contribution < -0.4 is 15.8 Å². The van der Waals surface area contributed by atoms with E-state index in [1.165, 1.54) is 18.2 Å². The van der Waals surface area contributed by atoms with Crippen LogP contribution in [0.2, 0.25) is 0 Å². The molecule has 10 heteroatoms. The van der Waals surface area contributed by atoms with Crippen molar-refractivity contribution in [2.24, 2.45) is 5.73 Å². The maximum atomic E-state index is 12.4. The van der Waals surface area contributed by atoms with Crippen molar-refractivity contribution >= 4 is 19.0 Å². The second-order valence-electron chi connectivity index (χ2n) is 6.37. The number of para-hydroxylation sites is 1. The number of nitrogens with one attached hydrogen (secondary N) is 1. The molecule has 7 N–H and O–H groups in total. The Hall–Kier alpha value is -3.08. The summed E-state index contributed by atoms with van der Waals surface area (Å²) in [6, 6.07) is 11.0. The Kier molecular flexibility index (Phi) is 8.02. The molecule has 0 aromatic heterocycles. The van der Waals surface area contributed by atoms with Crippen LogP contribution in [0.1, 0.15) is 21.5 Å². The lowest BCUT2D eigenvalue weighted by Crippen LogP contribution is -2.48. The van der Waals surface area contributed by atoms with Gasteiger partial charge in [-0.25, -0.2) is 4.79 Å². The minimum Gasteiger partial charge on any atom is -0.507 e. The summed E-state index contributed by atoms with van der Waals surface area (Å²) in [7, 11) is -1.91. The van der Waals surface area contributed by atoms with Gasteiger partial charge in [0.05, 0.1) is 12.4 Å². The number of amides is 1. The molecule has 0 spiro atoms. The molecule has 1 atom stereocenters. The molecule has 0 saturated heterocycles. The van der Waals surface area contributed by atoms with Crippen LogP contribution in [0.5, 0.6) is 11.5 Å². The number of carboxylic acids is 1. The van der Waals surface area contributed by atoms with Crippen molar-refractivity contribution in [1.29, 1.82) is 0 Å². The molecule has 2 rings (SSSR count). The molecule has 0 bridgehead atoms. The fourth-order valence-electron chi connectivity index (χ4n) is 2.76. The van der Waals surface area contributed by atoms with E-state index in [1.807, 2.05) is 0 Å². The Bertz CT molecular complexity index is 860. The van der Waals surface area contributed by atoms with Gasteiger partial charge in [0, 0.05) is 6.54 Å². The van der Waals surface area contributed by atoms with E-state index in [0.717, 1.165) is 0 Å². The van der Waals surface area contributed by atoms with E-state index in [-0.39, 0.29) is 24.0 Å². The van der Waals surface area contributed by atoms with Gasteiger partial charge in [-0.2, -0.15) is 0 Å². The lowest BCUT2D eigenvalue weighted by Gasteiger charge is -2.19. The van der Waals surface area contributed by atoms with Crippen LogP contribution >= 0.6 is 0 Å². The highest BCUT2D eigenvalue weighted by atomic mass is 16.5. The van der Waals surface area contributed by atoms with Gasteiger partial charge in [0.1, 0.15) is 23.7 Å². The Balaban J connectivity index is 2.06. The van der Waals surface area contributed by atoms with E-state index in [0.29, 0.717) is 24.5 Å². The van der Waals surface area contributed by atoms with Gasteiger partial charge in [0.25, 0.3) is 0 Å². The molecule has 2 aromatic carbocycles. The topological polar surface area (TPSA) is 162 Å². The van der Waals surface area contributed by atoms with Crippen LogP contribution in [0, 0.1) is 0 Å². The average molecular weight is 402 g/mol. The van der Waals surface area contributed by atoms with Crippen molar-refractivity contribution in [2.75, 3.05) is 13.2 Å². The molecule has 1 amide bonds. The van der Waals surface area contributed by atoms with E-state index in [2.05, 4.69) is 5.32 Å². The van der Waals surface area contributed by atoms with E-state index in [9.17, 15) is 24.7 Å². The first kappa shape index (κ1) is 22.2. The van der Waals surface area contributed by atoms with Crippen molar-refractivity contribution < 1.29 is 34.6 Å². The van der Waals surface area contributed by atoms with Gasteiger partial charge in [-0.1, -0.05) is 24.3 Å². The summed E-state index contributed by atoms with van der Waals surface area (Å²) in [5.74, 6) is -2.85. The van der Waals surface area contributed by atoms with Crippen molar-refractivity contribution in [3.05, 3.63) is 59.2 Å². The van der Waals surface area contributed by atoms with Gasteiger partial charge in [-0.3, -0.25) is 4.79 Å². The van der Waals surface area contributed by atoms with Crippen molar-refractivity contribution in [3.8, 4) is 11.5 Å². The number of rotatable bonds is 10. The summed E-state index contributed by atoms with van der Waals surface area (Å²) in [5.41, 5.74) is 5.90. The predicted molar refractivity (Wildman–Crippen MR) is 106 cm³/mol. The first-order valence-corrected chi connectivity index (χ1v) is 8.93. The number of carbonyl (C=O) groups is 2. The van der Waals surface area contributed by atoms with Crippen LogP contribution in [0.25, 0.3) is 0 Å². The minimum atomic E-state index is -1.91. The normalized spacial score (nSPS) is 11.6. The van der Waals surface area contributed by atoms with Gasteiger partial charge >= 0.3 is 13.1 Å². The molecule has 0 saturated carbocycles. The van der Waals surface area contributed by atoms with E-state index in [4.69, 9.17) is 15.6 Å². The van der Waals surface area contributed by atoms with E-state index < -0.39 is 30.7 Å². The van der Waals surface area contributed by atoms with Crippen LogP contribution in [0.3, 0.4) is 0 Å². The summed E-state index contributed by atoms with van der Waals surface area (Å²) in [5, 5.41) is 40.9. The zero-order valence-electron chi connectivity index (χ0n) is 15.6. The smallest absolute Gasteiger partial charge is 0.475 e. The number of hydrogen-bond acceptors (Lipinski definition) is 7. The number of carboxylic acid groups (broad SMARTS) is 1. The Morgan fingerprint density at radius 3 is 2.55 bits per heavy atom. The number of ether oxygens (including phenoxy) is 1. The van der Waals surface area contributed by atoms with Gasteiger partial charge in [-0.05, 0) is 35.7 Å². The molecule has 0 aliphatic heterocycles. The van der Waals surface area contributed by atoms with Gasteiger partial charge in [-0.15, -0.1) is 0 Å². The van der Waals surface area contributed by atoms with Crippen molar-refractivity contribution in [1.82, 2.24) is 5.32 Å². The third-order valence-electron chi connectivity index (χ3n) is 4.15. The number of benzene rings is 2. The Labute approximate surface area is 167 Å². The number of aromatic hydroxyl groups is 1. The third-order valence-corrected chi connectivity index (χ3v) is 4.15. The summed E-state index contributed by atoms with van der Waals surface area (Å²) in [6.45, 7) is 0.698. The SMILES string of the molecule is NCCOc1cccc(CC(=O)NC(Cc2cccc(C(=O)O)c2O)B(O)O)c1. The summed E-state index contributed by atoms with van der Waals surface area (Å²) in [4.78, 5) is 23.5.